The van der Waals surface area contributed by atoms with Crippen molar-refractivity contribution in [2.24, 2.45) is 0 Å². The van der Waals surface area contributed by atoms with Crippen LogP contribution < -0.4 is 0 Å². The second-order valence-electron chi connectivity index (χ2n) is 5.96. The summed E-state index contributed by atoms with van der Waals surface area (Å²) in [5, 5.41) is 20.0. The minimum atomic E-state index is -0.846. The first-order valence-corrected chi connectivity index (χ1v) is 8.02. The van der Waals surface area contributed by atoms with Crippen molar-refractivity contribution in [3.63, 3.8) is 0 Å². The fourth-order valence-corrected chi connectivity index (χ4v) is 3.21. The molecule has 0 aromatic heterocycles. The molecule has 1 aliphatic rings. The summed E-state index contributed by atoms with van der Waals surface area (Å²) in [5.41, 5.74) is -0.0861. The lowest BCUT2D eigenvalue weighted by Gasteiger charge is -2.37. The third-order valence-electron chi connectivity index (χ3n) is 4.49. The molecule has 1 fully saturated rings. The van der Waals surface area contributed by atoms with E-state index in [9.17, 15) is 19.3 Å². The van der Waals surface area contributed by atoms with Gasteiger partial charge in [0.1, 0.15) is 5.82 Å². The van der Waals surface area contributed by atoms with Crippen LogP contribution in [0.2, 0.25) is 0 Å². The molecule has 0 atom stereocenters. The number of carboxylic acid groups (broad SMARTS) is 1. The SMILES string of the molecule is CCN(CC(=O)O)C1CCN(Cc2c(F)cccc2[N+](=O)[O-])CC1.Cl. The number of nitro groups is 1. The Balaban J connectivity index is 0.00000312. The van der Waals surface area contributed by atoms with E-state index in [4.69, 9.17) is 5.11 Å². The van der Waals surface area contributed by atoms with Gasteiger partial charge in [-0.15, -0.1) is 12.4 Å². The Bertz CT molecular complexity index is 609. The summed E-state index contributed by atoms with van der Waals surface area (Å²) in [6, 6.07) is 4.07. The van der Waals surface area contributed by atoms with Crippen molar-refractivity contribution in [2.45, 2.75) is 32.4 Å². The maximum Gasteiger partial charge on any atom is 0.317 e. The Hall–Kier alpha value is -1.77. The van der Waals surface area contributed by atoms with Crippen molar-refractivity contribution in [1.29, 1.82) is 0 Å². The molecule has 0 spiro atoms. The van der Waals surface area contributed by atoms with Crippen LogP contribution in [0.5, 0.6) is 0 Å². The van der Waals surface area contributed by atoms with Crippen molar-refractivity contribution in [3.8, 4) is 0 Å². The number of likely N-dealkylation sites (N-methyl/N-ethyl adjacent to an activating group) is 1. The number of benzene rings is 1. The van der Waals surface area contributed by atoms with Gasteiger partial charge in [-0.3, -0.25) is 24.7 Å². The molecule has 0 aliphatic carbocycles. The van der Waals surface area contributed by atoms with Gasteiger partial charge in [-0.1, -0.05) is 13.0 Å². The van der Waals surface area contributed by atoms with Crippen LogP contribution in [0.1, 0.15) is 25.3 Å². The van der Waals surface area contributed by atoms with E-state index in [2.05, 4.69) is 0 Å². The van der Waals surface area contributed by atoms with Crippen LogP contribution in [0.4, 0.5) is 10.1 Å². The van der Waals surface area contributed by atoms with Gasteiger partial charge in [-0.2, -0.15) is 0 Å². The summed E-state index contributed by atoms with van der Waals surface area (Å²) < 4.78 is 14.0. The lowest BCUT2D eigenvalue weighted by Crippen LogP contribution is -2.46. The van der Waals surface area contributed by atoms with Gasteiger partial charge in [0.2, 0.25) is 0 Å². The van der Waals surface area contributed by atoms with E-state index in [1.165, 1.54) is 18.2 Å². The Morgan fingerprint density at radius 2 is 2.08 bits per heavy atom. The number of halogens is 2. The quantitative estimate of drug-likeness (QED) is 0.582. The van der Waals surface area contributed by atoms with Gasteiger partial charge >= 0.3 is 5.97 Å². The fraction of sp³-hybridized carbons (Fsp3) is 0.562. The molecule has 1 aliphatic heterocycles. The molecule has 140 valence electrons. The zero-order chi connectivity index (χ0) is 17.7. The van der Waals surface area contributed by atoms with Crippen molar-refractivity contribution in [3.05, 3.63) is 39.7 Å². The molecule has 1 saturated heterocycles. The average Bonchev–Trinajstić information content (AvgIpc) is 2.55. The molecular weight excluding hydrogens is 353 g/mol. The molecule has 0 unspecified atom stereocenters. The normalized spacial score (nSPS) is 15.8. The molecule has 1 aromatic rings. The smallest absolute Gasteiger partial charge is 0.317 e. The van der Waals surface area contributed by atoms with E-state index in [0.717, 1.165) is 12.8 Å². The van der Waals surface area contributed by atoms with Gasteiger partial charge in [-0.25, -0.2) is 4.39 Å². The van der Waals surface area contributed by atoms with E-state index < -0.39 is 16.7 Å². The minimum Gasteiger partial charge on any atom is -0.480 e. The number of nitrogens with zero attached hydrogens (tertiary/aromatic N) is 3. The fourth-order valence-electron chi connectivity index (χ4n) is 3.21. The van der Waals surface area contributed by atoms with Crippen molar-refractivity contribution >= 4 is 24.1 Å². The topological polar surface area (TPSA) is 86.9 Å². The van der Waals surface area contributed by atoms with E-state index in [0.29, 0.717) is 19.6 Å². The molecule has 7 nitrogen and oxygen atoms in total. The molecule has 0 radical (unpaired) electrons. The second kappa shape index (κ2) is 9.65. The predicted octanol–water partition coefficient (Wildman–Crippen LogP) is 2.53. The number of nitro benzene ring substituents is 1. The van der Waals surface area contributed by atoms with Crippen molar-refractivity contribution < 1.29 is 19.2 Å². The summed E-state index contributed by atoms with van der Waals surface area (Å²) in [6.45, 7) is 4.12. The number of carbonyl (C=O) groups is 1. The first-order chi connectivity index (χ1) is 11.4. The van der Waals surface area contributed by atoms with E-state index in [-0.39, 0.29) is 42.8 Å². The molecule has 1 heterocycles. The molecular formula is C16H23ClFN3O4. The number of hydrogen-bond acceptors (Lipinski definition) is 5. The largest absolute Gasteiger partial charge is 0.480 e. The third-order valence-corrected chi connectivity index (χ3v) is 4.49. The first-order valence-electron chi connectivity index (χ1n) is 8.02. The Labute approximate surface area is 152 Å². The van der Waals surface area contributed by atoms with Gasteiger partial charge in [0.05, 0.1) is 17.0 Å². The Morgan fingerprint density at radius 1 is 1.44 bits per heavy atom. The molecule has 2 rings (SSSR count). The van der Waals surface area contributed by atoms with Crippen LogP contribution in [0.15, 0.2) is 18.2 Å². The van der Waals surface area contributed by atoms with Gasteiger partial charge in [-0.05, 0) is 38.5 Å². The lowest BCUT2D eigenvalue weighted by molar-refractivity contribution is -0.386. The predicted molar refractivity (Wildman–Crippen MR) is 93.5 cm³/mol. The number of rotatable bonds is 7. The zero-order valence-corrected chi connectivity index (χ0v) is 14.9. The van der Waals surface area contributed by atoms with Crippen LogP contribution in [0, 0.1) is 15.9 Å². The van der Waals surface area contributed by atoms with Crippen LogP contribution in [0.3, 0.4) is 0 Å². The van der Waals surface area contributed by atoms with Gasteiger partial charge < -0.3 is 5.11 Å². The first kappa shape index (κ1) is 21.3. The van der Waals surface area contributed by atoms with Gasteiger partial charge in [0.25, 0.3) is 5.69 Å². The number of carboxylic acids is 1. The van der Waals surface area contributed by atoms with Gasteiger partial charge in [0, 0.05) is 18.7 Å². The highest BCUT2D eigenvalue weighted by atomic mass is 35.5. The number of hydrogen-bond donors (Lipinski definition) is 1. The summed E-state index contributed by atoms with van der Waals surface area (Å²) in [7, 11) is 0. The maximum atomic E-state index is 14.0. The van der Waals surface area contributed by atoms with Crippen molar-refractivity contribution in [2.75, 3.05) is 26.2 Å². The number of likely N-dealkylation sites (tertiary alicyclic amines) is 1. The number of aliphatic carboxylic acids is 1. The summed E-state index contributed by atoms with van der Waals surface area (Å²) in [6.07, 6.45) is 1.53. The molecule has 9 heteroatoms. The van der Waals surface area contributed by atoms with Crippen LogP contribution in [-0.2, 0) is 11.3 Å². The summed E-state index contributed by atoms with van der Waals surface area (Å²) >= 11 is 0. The van der Waals surface area contributed by atoms with Gasteiger partial charge in [0.15, 0.2) is 0 Å². The monoisotopic (exact) mass is 375 g/mol. The second-order valence-corrected chi connectivity index (χ2v) is 5.96. The molecule has 0 saturated carbocycles. The molecule has 1 aromatic carbocycles. The molecule has 1 N–H and O–H groups in total. The van der Waals surface area contributed by atoms with E-state index >= 15 is 0 Å². The zero-order valence-electron chi connectivity index (χ0n) is 14.1. The molecule has 25 heavy (non-hydrogen) atoms. The summed E-state index contributed by atoms with van der Waals surface area (Å²) in [5.74, 6) is -1.41. The highest BCUT2D eigenvalue weighted by molar-refractivity contribution is 5.85. The van der Waals surface area contributed by atoms with Crippen LogP contribution in [-0.4, -0.2) is 58.0 Å². The molecule has 0 amide bonds. The highest BCUT2D eigenvalue weighted by Gasteiger charge is 2.27. The van der Waals surface area contributed by atoms with Crippen molar-refractivity contribution in [1.82, 2.24) is 9.80 Å². The summed E-state index contributed by atoms with van der Waals surface area (Å²) in [4.78, 5) is 25.3. The standard InChI is InChI=1S/C16H22FN3O4.ClH/c1-2-19(11-16(21)22)12-6-8-18(9-7-12)10-13-14(17)4-3-5-15(13)20(23)24;/h3-5,12H,2,6-11H2,1H3,(H,21,22);1H. The average molecular weight is 376 g/mol. The maximum absolute atomic E-state index is 14.0. The third kappa shape index (κ3) is 5.62. The lowest BCUT2D eigenvalue weighted by atomic mass is 10.0. The van der Waals surface area contributed by atoms with E-state index in [1.54, 1.807) is 0 Å². The Morgan fingerprint density at radius 3 is 2.60 bits per heavy atom. The van der Waals surface area contributed by atoms with Crippen LogP contribution in [0.25, 0.3) is 0 Å². The van der Waals surface area contributed by atoms with Crippen LogP contribution >= 0.6 is 12.4 Å². The highest BCUT2D eigenvalue weighted by Crippen LogP contribution is 2.25. The van der Waals surface area contributed by atoms with E-state index in [1.807, 2.05) is 16.7 Å². The molecule has 0 bridgehead atoms. The minimum absolute atomic E-state index is 0. The Kier molecular flexibility index (Phi) is 8.21. The number of piperidine rings is 1.